The van der Waals surface area contributed by atoms with E-state index in [1.54, 1.807) is 14.0 Å². The minimum absolute atomic E-state index is 0.0561. The summed E-state index contributed by atoms with van der Waals surface area (Å²) in [7, 11) is 1.69. The molecule has 5 heteroatoms. The molecule has 0 spiro atoms. The van der Waals surface area contributed by atoms with E-state index in [2.05, 4.69) is 29.1 Å². The van der Waals surface area contributed by atoms with Crippen LogP contribution in [0.3, 0.4) is 0 Å². The quantitative estimate of drug-likeness (QED) is 0.823. The van der Waals surface area contributed by atoms with Gasteiger partial charge in [-0.2, -0.15) is 0 Å². The summed E-state index contributed by atoms with van der Waals surface area (Å²) in [5.74, 6) is 1.08. The minimum Gasteiger partial charge on any atom is -0.383 e. The van der Waals surface area contributed by atoms with Crippen LogP contribution in [0.5, 0.6) is 0 Å². The van der Waals surface area contributed by atoms with Gasteiger partial charge in [-0.3, -0.25) is 4.79 Å². The van der Waals surface area contributed by atoms with Crippen LogP contribution in [0.25, 0.3) is 0 Å². The first kappa shape index (κ1) is 15.9. The van der Waals surface area contributed by atoms with Gasteiger partial charge in [-0.1, -0.05) is 13.8 Å². The monoisotopic (exact) mass is 267 g/mol. The maximum Gasteiger partial charge on any atom is 0.255 e. The van der Waals surface area contributed by atoms with Gasteiger partial charge in [0.05, 0.1) is 12.2 Å². The second-order valence-corrected chi connectivity index (χ2v) is 5.34. The summed E-state index contributed by atoms with van der Waals surface area (Å²) >= 11 is 0. The number of H-pyrrole nitrogens is 1. The number of rotatable bonds is 6. The van der Waals surface area contributed by atoms with Crippen molar-refractivity contribution in [3.63, 3.8) is 0 Å². The highest BCUT2D eigenvalue weighted by Gasteiger charge is 2.20. The summed E-state index contributed by atoms with van der Waals surface area (Å²) in [5.41, 5.74) is 1.42. The maximum absolute atomic E-state index is 12.0. The lowest BCUT2D eigenvalue weighted by Gasteiger charge is -2.26. The molecular formula is C14H25N3O2. The molecule has 0 radical (unpaired) electrons. The van der Waals surface area contributed by atoms with Gasteiger partial charge in [0.2, 0.25) is 0 Å². The van der Waals surface area contributed by atoms with Gasteiger partial charge in [0.15, 0.2) is 0 Å². The third-order valence-corrected chi connectivity index (χ3v) is 3.31. The summed E-state index contributed by atoms with van der Waals surface area (Å²) in [6, 6.07) is 0.152. The zero-order chi connectivity index (χ0) is 14.6. The number of aromatic nitrogens is 2. The van der Waals surface area contributed by atoms with Crippen molar-refractivity contribution in [2.75, 3.05) is 13.7 Å². The Labute approximate surface area is 114 Å². The number of aryl methyl sites for hydroxylation is 2. The average Bonchev–Trinajstić information content (AvgIpc) is 2.26. The Morgan fingerprint density at radius 2 is 1.95 bits per heavy atom. The number of aromatic amines is 1. The number of ether oxygens (including phenoxy) is 1. The number of hydrogen-bond acceptors (Lipinski definition) is 4. The SMILES string of the molecule is COCC(NC(C)c1c(C)nc(C)[nH]c1=O)C(C)C. The van der Waals surface area contributed by atoms with Crippen LogP contribution in [0, 0.1) is 19.8 Å². The maximum atomic E-state index is 12.0. The van der Waals surface area contributed by atoms with Gasteiger partial charge >= 0.3 is 0 Å². The van der Waals surface area contributed by atoms with Crippen LogP contribution >= 0.6 is 0 Å². The molecule has 0 aliphatic carbocycles. The summed E-state index contributed by atoms with van der Waals surface area (Å²) in [6.07, 6.45) is 0. The molecule has 0 aromatic carbocycles. The number of nitrogens with zero attached hydrogens (tertiary/aromatic N) is 1. The average molecular weight is 267 g/mol. The predicted octanol–water partition coefficient (Wildman–Crippen LogP) is 1.71. The van der Waals surface area contributed by atoms with E-state index in [-0.39, 0.29) is 17.6 Å². The van der Waals surface area contributed by atoms with Crippen LogP contribution < -0.4 is 10.9 Å². The third-order valence-electron chi connectivity index (χ3n) is 3.31. The molecule has 0 saturated heterocycles. The Hall–Kier alpha value is -1.20. The lowest BCUT2D eigenvalue weighted by atomic mass is 10.0. The normalized spacial score (nSPS) is 14.7. The van der Waals surface area contributed by atoms with Gasteiger partial charge < -0.3 is 15.0 Å². The largest absolute Gasteiger partial charge is 0.383 e. The molecule has 0 bridgehead atoms. The Bertz CT molecular complexity index is 468. The summed E-state index contributed by atoms with van der Waals surface area (Å²) in [5, 5.41) is 3.45. The van der Waals surface area contributed by atoms with Crippen molar-refractivity contribution in [3.8, 4) is 0 Å². The van der Waals surface area contributed by atoms with Crippen molar-refractivity contribution < 1.29 is 4.74 Å². The summed E-state index contributed by atoms with van der Waals surface area (Å²) < 4.78 is 5.22. The van der Waals surface area contributed by atoms with E-state index in [0.717, 1.165) is 5.69 Å². The first-order valence-corrected chi connectivity index (χ1v) is 6.69. The first-order chi connectivity index (χ1) is 8.86. The van der Waals surface area contributed by atoms with Crippen LogP contribution in [0.1, 0.15) is 43.9 Å². The van der Waals surface area contributed by atoms with Crippen LogP contribution in [-0.2, 0) is 4.74 Å². The number of methoxy groups -OCH3 is 1. The van der Waals surface area contributed by atoms with Crippen molar-refractivity contribution in [1.82, 2.24) is 15.3 Å². The Kier molecular flexibility index (Phi) is 5.69. The van der Waals surface area contributed by atoms with Gasteiger partial charge in [0, 0.05) is 24.9 Å². The van der Waals surface area contributed by atoms with E-state index in [1.807, 2.05) is 13.8 Å². The smallest absolute Gasteiger partial charge is 0.255 e. The van der Waals surface area contributed by atoms with Gasteiger partial charge in [-0.15, -0.1) is 0 Å². The van der Waals surface area contributed by atoms with E-state index >= 15 is 0 Å². The molecule has 108 valence electrons. The highest BCUT2D eigenvalue weighted by molar-refractivity contribution is 5.20. The number of hydrogen-bond donors (Lipinski definition) is 2. The molecule has 1 heterocycles. The van der Waals surface area contributed by atoms with Crippen molar-refractivity contribution in [2.24, 2.45) is 5.92 Å². The highest BCUT2D eigenvalue weighted by Crippen LogP contribution is 2.14. The second kappa shape index (κ2) is 6.82. The topological polar surface area (TPSA) is 67.0 Å². The fourth-order valence-electron chi connectivity index (χ4n) is 2.26. The molecule has 2 N–H and O–H groups in total. The molecule has 1 rings (SSSR count). The van der Waals surface area contributed by atoms with Crippen molar-refractivity contribution in [3.05, 3.63) is 27.4 Å². The molecule has 0 saturated carbocycles. The molecule has 2 unspecified atom stereocenters. The Morgan fingerprint density at radius 3 is 2.42 bits per heavy atom. The standard InChI is InChI=1S/C14H25N3O2/c1-8(2)12(7-19-6)16-10(4)13-9(3)15-11(5)17-14(13)18/h8,10,12,16H,7H2,1-6H3,(H,15,17,18). The van der Waals surface area contributed by atoms with Crippen LogP contribution in [0.2, 0.25) is 0 Å². The molecule has 0 fully saturated rings. The van der Waals surface area contributed by atoms with Gasteiger partial charge in [-0.05, 0) is 26.7 Å². The molecule has 1 aromatic heterocycles. The van der Waals surface area contributed by atoms with Crippen molar-refractivity contribution in [2.45, 2.75) is 46.7 Å². The first-order valence-electron chi connectivity index (χ1n) is 6.69. The molecule has 1 aromatic rings. The van der Waals surface area contributed by atoms with Crippen LogP contribution in [-0.4, -0.2) is 29.7 Å². The molecule has 2 atom stereocenters. The Balaban J connectivity index is 2.94. The zero-order valence-electron chi connectivity index (χ0n) is 12.7. The van der Waals surface area contributed by atoms with E-state index in [4.69, 9.17) is 4.74 Å². The zero-order valence-corrected chi connectivity index (χ0v) is 12.7. The van der Waals surface area contributed by atoms with Crippen LogP contribution in [0.4, 0.5) is 0 Å². The lowest BCUT2D eigenvalue weighted by molar-refractivity contribution is 0.141. The van der Waals surface area contributed by atoms with Crippen molar-refractivity contribution >= 4 is 0 Å². The van der Waals surface area contributed by atoms with Gasteiger partial charge in [0.1, 0.15) is 5.82 Å². The van der Waals surface area contributed by atoms with Crippen molar-refractivity contribution in [1.29, 1.82) is 0 Å². The third kappa shape index (κ3) is 4.14. The second-order valence-electron chi connectivity index (χ2n) is 5.34. The molecule has 5 nitrogen and oxygen atoms in total. The molecular weight excluding hydrogens is 242 g/mol. The molecule has 0 aliphatic heterocycles. The van der Waals surface area contributed by atoms with Gasteiger partial charge in [0.25, 0.3) is 5.56 Å². The molecule has 19 heavy (non-hydrogen) atoms. The number of nitrogens with one attached hydrogen (secondary N) is 2. The fraction of sp³-hybridized carbons (Fsp3) is 0.714. The van der Waals surface area contributed by atoms with Crippen LogP contribution in [0.15, 0.2) is 4.79 Å². The Morgan fingerprint density at radius 1 is 1.32 bits per heavy atom. The molecule has 0 amide bonds. The van der Waals surface area contributed by atoms with E-state index < -0.39 is 0 Å². The fourth-order valence-corrected chi connectivity index (χ4v) is 2.26. The van der Waals surface area contributed by atoms with E-state index in [1.165, 1.54) is 0 Å². The van der Waals surface area contributed by atoms with Gasteiger partial charge in [-0.25, -0.2) is 4.98 Å². The highest BCUT2D eigenvalue weighted by atomic mass is 16.5. The summed E-state index contributed by atoms with van der Waals surface area (Å²) in [6.45, 7) is 10.5. The summed E-state index contributed by atoms with van der Waals surface area (Å²) in [4.78, 5) is 19.1. The van der Waals surface area contributed by atoms with E-state index in [9.17, 15) is 4.79 Å². The lowest BCUT2D eigenvalue weighted by Crippen LogP contribution is -2.41. The predicted molar refractivity (Wildman–Crippen MR) is 76.4 cm³/mol. The minimum atomic E-state index is -0.0649. The van der Waals surface area contributed by atoms with E-state index in [0.29, 0.717) is 23.9 Å². The molecule has 0 aliphatic rings.